The van der Waals surface area contributed by atoms with Gasteiger partial charge in [0, 0.05) is 13.1 Å². The first-order valence-electron chi connectivity index (χ1n) is 5.68. The lowest BCUT2D eigenvalue weighted by molar-refractivity contribution is 0.0234. The number of nitrogens with two attached hydrogens (primary N) is 1. The molecule has 1 atom stereocenters. The van der Waals surface area contributed by atoms with Gasteiger partial charge in [-0.3, -0.25) is 10.4 Å². The van der Waals surface area contributed by atoms with Crippen molar-refractivity contribution in [2.24, 2.45) is 10.8 Å². The highest BCUT2D eigenvalue weighted by atomic mass is 16.5. The molecule has 0 aromatic rings. The van der Waals surface area contributed by atoms with Crippen LogP contribution in [0.2, 0.25) is 0 Å². The fourth-order valence-electron chi connectivity index (χ4n) is 1.71. The van der Waals surface area contributed by atoms with E-state index in [4.69, 9.17) is 10.6 Å². The Morgan fingerprint density at radius 2 is 2.40 bits per heavy atom. The smallest absolute Gasteiger partial charge is 0.208 e. The van der Waals surface area contributed by atoms with Gasteiger partial charge >= 0.3 is 0 Å². The van der Waals surface area contributed by atoms with E-state index in [9.17, 15) is 0 Å². The van der Waals surface area contributed by atoms with Crippen molar-refractivity contribution in [1.82, 2.24) is 10.3 Å². The molecule has 0 aromatic carbocycles. The van der Waals surface area contributed by atoms with Crippen LogP contribution < -0.4 is 11.3 Å². The fourth-order valence-corrected chi connectivity index (χ4v) is 1.71. The Balaban J connectivity index is 2.63. The first-order chi connectivity index (χ1) is 7.33. The molecule has 1 saturated heterocycles. The van der Waals surface area contributed by atoms with Crippen LogP contribution in [0.1, 0.15) is 26.7 Å². The molecule has 1 rings (SSSR count). The minimum Gasteiger partial charge on any atom is -0.377 e. The van der Waals surface area contributed by atoms with Gasteiger partial charge in [-0.25, -0.2) is 5.84 Å². The molecular weight excluding hydrogens is 192 g/mol. The van der Waals surface area contributed by atoms with E-state index in [1.807, 2.05) is 0 Å². The number of ether oxygens (including phenoxy) is 1. The van der Waals surface area contributed by atoms with Crippen LogP contribution in [0, 0.1) is 0 Å². The summed E-state index contributed by atoms with van der Waals surface area (Å²) in [4.78, 5) is 6.64. The molecule has 0 amide bonds. The Morgan fingerprint density at radius 3 is 3.00 bits per heavy atom. The van der Waals surface area contributed by atoms with Crippen LogP contribution in [-0.2, 0) is 4.74 Å². The maximum absolute atomic E-state index is 5.50. The number of hydrogen-bond acceptors (Lipinski definition) is 3. The molecule has 0 bridgehead atoms. The van der Waals surface area contributed by atoms with Crippen LogP contribution in [0.15, 0.2) is 4.99 Å². The van der Waals surface area contributed by atoms with Crippen molar-refractivity contribution < 1.29 is 4.74 Å². The highest BCUT2D eigenvalue weighted by Gasteiger charge is 2.23. The Hall–Kier alpha value is -0.810. The van der Waals surface area contributed by atoms with E-state index in [0.717, 1.165) is 45.1 Å². The first kappa shape index (κ1) is 12.3. The summed E-state index contributed by atoms with van der Waals surface area (Å²) in [6.45, 7) is 7.46. The zero-order valence-corrected chi connectivity index (χ0v) is 9.70. The second kappa shape index (κ2) is 6.63. The summed E-state index contributed by atoms with van der Waals surface area (Å²) in [5.74, 6) is 6.30. The third-order valence-electron chi connectivity index (χ3n) is 2.59. The summed E-state index contributed by atoms with van der Waals surface area (Å²) < 4.78 is 5.44. The van der Waals surface area contributed by atoms with E-state index in [1.165, 1.54) is 0 Å². The van der Waals surface area contributed by atoms with E-state index in [0.29, 0.717) is 6.04 Å². The number of nitrogens with one attached hydrogen (secondary N) is 1. The SMILES string of the molecule is CCCN=C(NN)N1CCOCC1CC. The molecule has 3 N–H and O–H groups in total. The lowest BCUT2D eigenvalue weighted by Crippen LogP contribution is -2.54. The number of nitrogens with zero attached hydrogens (tertiary/aromatic N) is 2. The van der Waals surface area contributed by atoms with Crippen molar-refractivity contribution in [1.29, 1.82) is 0 Å². The largest absolute Gasteiger partial charge is 0.377 e. The molecule has 15 heavy (non-hydrogen) atoms. The standard InChI is InChI=1S/C10H22N4O/c1-3-5-12-10(13-11)14-6-7-15-8-9(14)4-2/h9H,3-8,11H2,1-2H3,(H,12,13). The molecule has 88 valence electrons. The molecule has 5 nitrogen and oxygen atoms in total. The van der Waals surface area contributed by atoms with Gasteiger partial charge in [0.2, 0.25) is 5.96 Å². The number of hydrazine groups is 1. The van der Waals surface area contributed by atoms with Crippen LogP contribution >= 0.6 is 0 Å². The van der Waals surface area contributed by atoms with Crippen molar-refractivity contribution in [2.45, 2.75) is 32.7 Å². The zero-order chi connectivity index (χ0) is 11.1. The van der Waals surface area contributed by atoms with Crippen LogP contribution in [-0.4, -0.2) is 43.2 Å². The highest BCUT2D eigenvalue weighted by Crippen LogP contribution is 2.10. The second-order valence-electron chi connectivity index (χ2n) is 3.68. The van der Waals surface area contributed by atoms with E-state index in [2.05, 4.69) is 29.2 Å². The van der Waals surface area contributed by atoms with Gasteiger partial charge in [-0.1, -0.05) is 13.8 Å². The molecule has 1 aliphatic heterocycles. The van der Waals surface area contributed by atoms with Crippen LogP contribution in [0.25, 0.3) is 0 Å². The summed E-state index contributed by atoms with van der Waals surface area (Å²) in [6, 6.07) is 0.394. The predicted octanol–water partition coefficient (Wildman–Crippen LogP) is 0.327. The van der Waals surface area contributed by atoms with Gasteiger partial charge in [-0.05, 0) is 12.8 Å². The van der Waals surface area contributed by atoms with E-state index < -0.39 is 0 Å². The Morgan fingerprint density at radius 1 is 1.60 bits per heavy atom. The van der Waals surface area contributed by atoms with Crippen molar-refractivity contribution in [3.63, 3.8) is 0 Å². The normalized spacial score (nSPS) is 23.0. The van der Waals surface area contributed by atoms with Crippen LogP contribution in [0.5, 0.6) is 0 Å². The van der Waals surface area contributed by atoms with Crippen molar-refractivity contribution in [2.75, 3.05) is 26.3 Å². The minimum absolute atomic E-state index is 0.394. The minimum atomic E-state index is 0.394. The average molecular weight is 214 g/mol. The second-order valence-corrected chi connectivity index (χ2v) is 3.68. The number of rotatable bonds is 3. The third-order valence-corrected chi connectivity index (χ3v) is 2.59. The third kappa shape index (κ3) is 3.35. The summed E-state index contributed by atoms with van der Waals surface area (Å²) in [5.41, 5.74) is 2.69. The molecule has 5 heteroatoms. The van der Waals surface area contributed by atoms with Gasteiger partial charge in [0.1, 0.15) is 0 Å². The molecule has 0 radical (unpaired) electrons. The van der Waals surface area contributed by atoms with E-state index >= 15 is 0 Å². The molecule has 1 heterocycles. The lowest BCUT2D eigenvalue weighted by atomic mass is 10.2. The Labute approximate surface area is 91.6 Å². The van der Waals surface area contributed by atoms with Gasteiger partial charge in [-0.15, -0.1) is 0 Å². The first-order valence-corrected chi connectivity index (χ1v) is 5.68. The van der Waals surface area contributed by atoms with Gasteiger partial charge < -0.3 is 9.64 Å². The molecule has 0 spiro atoms. The quantitative estimate of drug-likeness (QED) is 0.307. The summed E-state index contributed by atoms with van der Waals surface area (Å²) in [7, 11) is 0. The fraction of sp³-hybridized carbons (Fsp3) is 0.900. The molecular formula is C10H22N4O. The van der Waals surface area contributed by atoms with Gasteiger partial charge in [0.15, 0.2) is 0 Å². The lowest BCUT2D eigenvalue weighted by Gasteiger charge is -2.36. The molecule has 1 aliphatic rings. The average Bonchev–Trinajstić information content (AvgIpc) is 2.30. The van der Waals surface area contributed by atoms with Crippen LogP contribution in [0.3, 0.4) is 0 Å². The number of guanidine groups is 1. The zero-order valence-electron chi connectivity index (χ0n) is 9.70. The van der Waals surface area contributed by atoms with Crippen LogP contribution in [0.4, 0.5) is 0 Å². The highest BCUT2D eigenvalue weighted by molar-refractivity contribution is 5.79. The summed E-state index contributed by atoms with van der Waals surface area (Å²) in [6.07, 6.45) is 2.08. The van der Waals surface area contributed by atoms with Crippen molar-refractivity contribution >= 4 is 5.96 Å². The number of aliphatic imine (C=N–C) groups is 1. The van der Waals surface area contributed by atoms with Gasteiger partial charge in [0.25, 0.3) is 0 Å². The number of hydrogen-bond donors (Lipinski definition) is 2. The van der Waals surface area contributed by atoms with E-state index in [-0.39, 0.29) is 0 Å². The molecule has 0 saturated carbocycles. The van der Waals surface area contributed by atoms with Crippen molar-refractivity contribution in [3.05, 3.63) is 0 Å². The monoisotopic (exact) mass is 214 g/mol. The Kier molecular flexibility index (Phi) is 5.42. The van der Waals surface area contributed by atoms with Crippen molar-refractivity contribution in [3.8, 4) is 0 Å². The number of morpholine rings is 1. The topological polar surface area (TPSA) is 62.9 Å². The predicted molar refractivity (Wildman–Crippen MR) is 61.5 cm³/mol. The maximum atomic E-state index is 5.50. The summed E-state index contributed by atoms with van der Waals surface area (Å²) in [5, 5.41) is 0. The molecule has 1 fully saturated rings. The van der Waals surface area contributed by atoms with E-state index in [1.54, 1.807) is 0 Å². The van der Waals surface area contributed by atoms with Gasteiger partial charge in [0.05, 0.1) is 19.3 Å². The Bertz CT molecular complexity index is 208. The summed E-state index contributed by atoms with van der Waals surface area (Å²) >= 11 is 0. The van der Waals surface area contributed by atoms with Gasteiger partial charge in [-0.2, -0.15) is 0 Å². The maximum Gasteiger partial charge on any atom is 0.208 e. The molecule has 0 aromatic heterocycles. The molecule has 1 unspecified atom stereocenters. The molecule has 0 aliphatic carbocycles.